The number of amides is 1. The normalized spacial score (nSPS) is 11.8. The number of ether oxygens (including phenoxy) is 2. The molecule has 0 unspecified atom stereocenters. The van der Waals surface area contributed by atoms with Gasteiger partial charge in [0.05, 0.1) is 32.7 Å². The fourth-order valence-corrected chi connectivity index (χ4v) is 2.67. The number of hydrogen-bond donors (Lipinski definition) is 2. The lowest BCUT2D eigenvalue weighted by Gasteiger charge is -2.21. The van der Waals surface area contributed by atoms with E-state index >= 15 is 0 Å². The molecule has 1 aromatic carbocycles. The number of rotatable bonds is 9. The summed E-state index contributed by atoms with van der Waals surface area (Å²) in [5.74, 6) is -0.311. The molecular formula is C20H26N4O5. The summed E-state index contributed by atoms with van der Waals surface area (Å²) in [6, 6.07) is 6.80. The number of carbonyl (C=O) groups excluding carboxylic acids is 3. The molecule has 0 aliphatic carbocycles. The number of nitrogens with one attached hydrogen (secondary N) is 2. The number of esters is 2. The number of para-hydroxylation sites is 1. The molecule has 29 heavy (non-hydrogen) atoms. The third-order valence-electron chi connectivity index (χ3n) is 4.29. The van der Waals surface area contributed by atoms with Gasteiger partial charge < -0.3 is 20.1 Å². The Balaban J connectivity index is 2.21. The Kier molecular flexibility index (Phi) is 7.88. The number of anilines is 1. The van der Waals surface area contributed by atoms with Crippen LogP contribution in [0.5, 0.6) is 0 Å². The molecule has 0 spiro atoms. The monoisotopic (exact) mass is 402 g/mol. The maximum atomic E-state index is 12.1. The van der Waals surface area contributed by atoms with Crippen LogP contribution >= 0.6 is 0 Å². The van der Waals surface area contributed by atoms with E-state index in [-0.39, 0.29) is 37.2 Å². The van der Waals surface area contributed by atoms with Gasteiger partial charge in [-0.2, -0.15) is 0 Å². The molecule has 0 saturated carbocycles. The van der Waals surface area contributed by atoms with Gasteiger partial charge in [0, 0.05) is 11.8 Å². The van der Waals surface area contributed by atoms with E-state index in [1.165, 1.54) is 14.2 Å². The quantitative estimate of drug-likeness (QED) is 0.610. The van der Waals surface area contributed by atoms with E-state index in [9.17, 15) is 14.4 Å². The Morgan fingerprint density at radius 1 is 1.03 bits per heavy atom. The average Bonchev–Trinajstić information content (AvgIpc) is 2.73. The number of fused-ring (bicyclic) bond motifs is 1. The molecule has 0 aliphatic heterocycles. The van der Waals surface area contributed by atoms with Gasteiger partial charge in [-0.1, -0.05) is 26.0 Å². The third-order valence-corrected chi connectivity index (χ3v) is 4.29. The summed E-state index contributed by atoms with van der Waals surface area (Å²) in [6.07, 6.45) is 0.0199. The van der Waals surface area contributed by atoms with Crippen LogP contribution < -0.4 is 10.6 Å². The number of nitrogens with zero attached hydrogens (tertiary/aromatic N) is 2. The van der Waals surface area contributed by atoms with Gasteiger partial charge in [-0.15, -0.1) is 0 Å². The van der Waals surface area contributed by atoms with Gasteiger partial charge in [-0.3, -0.25) is 9.59 Å². The molecule has 0 fully saturated rings. The van der Waals surface area contributed by atoms with E-state index in [4.69, 9.17) is 4.74 Å². The van der Waals surface area contributed by atoms with Crippen molar-refractivity contribution >= 4 is 34.6 Å². The summed E-state index contributed by atoms with van der Waals surface area (Å²) in [7, 11) is 2.61. The molecule has 0 radical (unpaired) electrons. The van der Waals surface area contributed by atoms with E-state index in [0.29, 0.717) is 17.2 Å². The van der Waals surface area contributed by atoms with Crippen molar-refractivity contribution in [3.63, 3.8) is 0 Å². The minimum Gasteiger partial charge on any atom is -0.469 e. The fourth-order valence-electron chi connectivity index (χ4n) is 2.67. The zero-order valence-electron chi connectivity index (χ0n) is 17.0. The molecule has 2 aromatic rings. The Morgan fingerprint density at radius 2 is 1.76 bits per heavy atom. The molecule has 0 bridgehead atoms. The molecule has 1 aromatic heterocycles. The first kappa shape index (κ1) is 22.1. The standard InChI is InChI=1S/C20H26N4O5/c1-12(2)18(20(27)29-4)24-19-13-7-5-6-8-14(13)22-15(23-19)11-21-16(25)9-10-17(26)28-3/h5-8,12,18H,9-11H2,1-4H3,(H,21,25)(H,22,23,24)/t18-/m0/s1. The second-order valence-electron chi connectivity index (χ2n) is 6.75. The number of hydrogen-bond acceptors (Lipinski definition) is 8. The van der Waals surface area contributed by atoms with Crippen molar-refractivity contribution in [3.8, 4) is 0 Å². The van der Waals surface area contributed by atoms with Crippen LogP contribution in [0.15, 0.2) is 24.3 Å². The molecular weight excluding hydrogens is 376 g/mol. The lowest BCUT2D eigenvalue weighted by molar-refractivity contribution is -0.143. The average molecular weight is 402 g/mol. The Morgan fingerprint density at radius 3 is 2.41 bits per heavy atom. The molecule has 2 rings (SSSR count). The lowest BCUT2D eigenvalue weighted by atomic mass is 10.0. The van der Waals surface area contributed by atoms with Gasteiger partial charge in [-0.25, -0.2) is 14.8 Å². The Hall–Kier alpha value is -3.23. The molecule has 156 valence electrons. The first-order valence-electron chi connectivity index (χ1n) is 9.29. The summed E-state index contributed by atoms with van der Waals surface area (Å²) in [4.78, 5) is 44.1. The first-order chi connectivity index (χ1) is 13.8. The molecule has 1 atom stereocenters. The molecule has 0 aliphatic rings. The zero-order chi connectivity index (χ0) is 21.4. The van der Waals surface area contributed by atoms with Crippen LogP contribution in [-0.2, 0) is 30.4 Å². The van der Waals surface area contributed by atoms with Crippen LogP contribution in [-0.4, -0.2) is 48.1 Å². The van der Waals surface area contributed by atoms with Crippen molar-refractivity contribution in [2.24, 2.45) is 5.92 Å². The second-order valence-corrected chi connectivity index (χ2v) is 6.75. The van der Waals surface area contributed by atoms with E-state index in [2.05, 4.69) is 25.3 Å². The first-order valence-corrected chi connectivity index (χ1v) is 9.29. The second kappa shape index (κ2) is 10.4. The fraction of sp³-hybridized carbons (Fsp3) is 0.450. The van der Waals surface area contributed by atoms with Crippen LogP contribution in [0.25, 0.3) is 10.9 Å². The summed E-state index contributed by atoms with van der Waals surface area (Å²) < 4.78 is 9.41. The molecule has 9 nitrogen and oxygen atoms in total. The predicted molar refractivity (Wildman–Crippen MR) is 107 cm³/mol. The number of benzene rings is 1. The predicted octanol–water partition coefficient (Wildman–Crippen LogP) is 1.81. The number of aromatic nitrogens is 2. The number of carbonyl (C=O) groups is 3. The SMILES string of the molecule is COC(=O)CCC(=O)NCc1nc(N[C@H](C(=O)OC)C(C)C)c2ccccc2n1. The highest BCUT2D eigenvalue weighted by atomic mass is 16.5. The maximum absolute atomic E-state index is 12.1. The molecule has 0 saturated heterocycles. The number of methoxy groups -OCH3 is 2. The van der Waals surface area contributed by atoms with Crippen molar-refractivity contribution in [3.05, 3.63) is 30.1 Å². The van der Waals surface area contributed by atoms with Gasteiger partial charge in [0.1, 0.15) is 11.9 Å². The highest BCUT2D eigenvalue weighted by molar-refractivity contribution is 5.91. The van der Waals surface area contributed by atoms with Crippen LogP contribution in [0, 0.1) is 5.92 Å². The summed E-state index contributed by atoms with van der Waals surface area (Å²) in [5, 5.41) is 6.59. The Bertz CT molecular complexity index is 884. The zero-order valence-corrected chi connectivity index (χ0v) is 17.0. The molecule has 9 heteroatoms. The highest BCUT2D eigenvalue weighted by Gasteiger charge is 2.24. The molecule has 1 amide bonds. The summed E-state index contributed by atoms with van der Waals surface area (Å²) in [5.41, 5.74) is 0.677. The van der Waals surface area contributed by atoms with Gasteiger partial charge in [0.25, 0.3) is 0 Å². The van der Waals surface area contributed by atoms with Crippen LogP contribution in [0.3, 0.4) is 0 Å². The van der Waals surface area contributed by atoms with Crippen molar-refractivity contribution in [2.45, 2.75) is 39.3 Å². The van der Waals surface area contributed by atoms with Crippen LogP contribution in [0.1, 0.15) is 32.5 Å². The Labute approximate surface area is 169 Å². The van der Waals surface area contributed by atoms with E-state index in [1.807, 2.05) is 38.1 Å². The summed E-state index contributed by atoms with van der Waals surface area (Å²) >= 11 is 0. The minimum absolute atomic E-state index is 0.00289. The van der Waals surface area contributed by atoms with Gasteiger partial charge in [0.2, 0.25) is 5.91 Å². The maximum Gasteiger partial charge on any atom is 0.328 e. The van der Waals surface area contributed by atoms with Gasteiger partial charge in [0.15, 0.2) is 5.82 Å². The third kappa shape index (κ3) is 6.13. The van der Waals surface area contributed by atoms with Crippen LogP contribution in [0.2, 0.25) is 0 Å². The van der Waals surface area contributed by atoms with Crippen molar-refractivity contribution in [1.82, 2.24) is 15.3 Å². The smallest absolute Gasteiger partial charge is 0.328 e. The topological polar surface area (TPSA) is 120 Å². The molecule has 1 heterocycles. The summed E-state index contributed by atoms with van der Waals surface area (Å²) in [6.45, 7) is 3.89. The lowest BCUT2D eigenvalue weighted by Crippen LogP contribution is -2.36. The van der Waals surface area contributed by atoms with Crippen molar-refractivity contribution < 1.29 is 23.9 Å². The minimum atomic E-state index is -0.583. The van der Waals surface area contributed by atoms with Crippen LogP contribution in [0.4, 0.5) is 5.82 Å². The van der Waals surface area contributed by atoms with Gasteiger partial charge in [-0.05, 0) is 18.1 Å². The van der Waals surface area contributed by atoms with E-state index in [1.54, 1.807) is 0 Å². The van der Waals surface area contributed by atoms with Gasteiger partial charge >= 0.3 is 11.9 Å². The highest BCUT2D eigenvalue weighted by Crippen LogP contribution is 2.22. The van der Waals surface area contributed by atoms with Crippen molar-refractivity contribution in [1.29, 1.82) is 0 Å². The molecule has 2 N–H and O–H groups in total. The van der Waals surface area contributed by atoms with Crippen molar-refractivity contribution in [2.75, 3.05) is 19.5 Å². The van der Waals surface area contributed by atoms with E-state index in [0.717, 1.165) is 5.39 Å². The largest absolute Gasteiger partial charge is 0.469 e. The van der Waals surface area contributed by atoms with E-state index < -0.39 is 12.0 Å².